The van der Waals surface area contributed by atoms with Crippen LogP contribution >= 0.6 is 0 Å². The SMILES string of the molecule is CCN1CC(c2ccccc2)CC2(CCN(S(=O)(=O)N(C)CC)CC2)C1. The van der Waals surface area contributed by atoms with Gasteiger partial charge in [-0.3, -0.25) is 0 Å². The number of nitrogens with zero attached hydrogens (tertiary/aromatic N) is 3. The molecule has 2 aliphatic rings. The van der Waals surface area contributed by atoms with Crippen LogP contribution in [0.25, 0.3) is 0 Å². The number of benzene rings is 1. The molecule has 2 aliphatic heterocycles. The normalized spacial score (nSPS) is 25.0. The topological polar surface area (TPSA) is 43.9 Å². The molecular formula is C20H33N3O2S. The zero-order chi connectivity index (χ0) is 18.8. The molecule has 0 radical (unpaired) electrons. The molecule has 1 aromatic carbocycles. The minimum atomic E-state index is -3.30. The maximum atomic E-state index is 12.6. The minimum Gasteiger partial charge on any atom is -0.302 e. The second kappa shape index (κ2) is 7.97. The second-order valence-corrected chi connectivity index (χ2v) is 10.00. The summed E-state index contributed by atoms with van der Waals surface area (Å²) in [7, 11) is -1.63. The van der Waals surface area contributed by atoms with Crippen LogP contribution in [0, 0.1) is 5.41 Å². The molecule has 146 valence electrons. The van der Waals surface area contributed by atoms with Crippen LogP contribution in [0.15, 0.2) is 30.3 Å². The van der Waals surface area contributed by atoms with Crippen LogP contribution in [-0.4, -0.2) is 68.2 Å². The van der Waals surface area contributed by atoms with Crippen LogP contribution in [0.2, 0.25) is 0 Å². The van der Waals surface area contributed by atoms with E-state index in [9.17, 15) is 8.42 Å². The summed E-state index contributed by atoms with van der Waals surface area (Å²) < 4.78 is 28.4. The molecule has 0 N–H and O–H groups in total. The highest BCUT2D eigenvalue weighted by molar-refractivity contribution is 7.86. The quantitative estimate of drug-likeness (QED) is 0.790. The fourth-order valence-corrected chi connectivity index (χ4v) is 5.97. The predicted molar refractivity (Wildman–Crippen MR) is 106 cm³/mol. The first-order valence-electron chi connectivity index (χ1n) is 9.89. The van der Waals surface area contributed by atoms with E-state index < -0.39 is 10.2 Å². The highest BCUT2D eigenvalue weighted by atomic mass is 32.2. The number of likely N-dealkylation sites (tertiary alicyclic amines) is 1. The molecule has 1 atom stereocenters. The second-order valence-electron chi connectivity index (χ2n) is 7.96. The largest absolute Gasteiger partial charge is 0.302 e. The van der Waals surface area contributed by atoms with Gasteiger partial charge in [0.1, 0.15) is 0 Å². The lowest BCUT2D eigenvalue weighted by Gasteiger charge is -2.50. The summed E-state index contributed by atoms with van der Waals surface area (Å²) in [5, 5.41) is 0. The molecule has 6 heteroatoms. The number of hydrogen-bond acceptors (Lipinski definition) is 3. The predicted octanol–water partition coefficient (Wildman–Crippen LogP) is 2.77. The van der Waals surface area contributed by atoms with Crippen LogP contribution in [0.3, 0.4) is 0 Å². The lowest BCUT2D eigenvalue weighted by Crippen LogP contribution is -2.54. The minimum absolute atomic E-state index is 0.242. The summed E-state index contributed by atoms with van der Waals surface area (Å²) in [5.74, 6) is 0.548. The van der Waals surface area contributed by atoms with E-state index in [-0.39, 0.29) is 5.41 Å². The Morgan fingerprint density at radius 2 is 1.81 bits per heavy atom. The van der Waals surface area contributed by atoms with Gasteiger partial charge in [-0.15, -0.1) is 0 Å². The van der Waals surface area contributed by atoms with Gasteiger partial charge in [0, 0.05) is 39.8 Å². The van der Waals surface area contributed by atoms with Gasteiger partial charge in [0.15, 0.2) is 0 Å². The molecule has 0 bridgehead atoms. The lowest BCUT2D eigenvalue weighted by molar-refractivity contribution is 0.0328. The van der Waals surface area contributed by atoms with Crippen LogP contribution in [-0.2, 0) is 10.2 Å². The van der Waals surface area contributed by atoms with Crippen LogP contribution in [0.4, 0.5) is 0 Å². The van der Waals surface area contributed by atoms with Gasteiger partial charge < -0.3 is 4.90 Å². The van der Waals surface area contributed by atoms with E-state index in [1.54, 1.807) is 11.4 Å². The summed E-state index contributed by atoms with van der Waals surface area (Å²) in [6.07, 6.45) is 3.10. The number of hydrogen-bond donors (Lipinski definition) is 0. The van der Waals surface area contributed by atoms with Crippen LogP contribution in [0.1, 0.15) is 44.6 Å². The summed E-state index contributed by atoms with van der Waals surface area (Å²) in [4.78, 5) is 2.56. The molecule has 1 aromatic rings. The van der Waals surface area contributed by atoms with E-state index >= 15 is 0 Å². The molecule has 1 unspecified atom stereocenters. The molecule has 3 rings (SSSR count). The standard InChI is InChI=1S/C20H33N3O2S/c1-4-21(3)26(24,25)23-13-11-20(12-14-23)15-19(16-22(5-2)17-20)18-9-7-6-8-10-18/h6-10,19H,4-5,11-17H2,1-3H3. The summed E-state index contributed by atoms with van der Waals surface area (Å²) >= 11 is 0. The van der Waals surface area contributed by atoms with Gasteiger partial charge in [-0.2, -0.15) is 17.0 Å². The Kier molecular flexibility index (Phi) is 6.07. The van der Waals surface area contributed by atoms with Gasteiger partial charge in [-0.1, -0.05) is 44.2 Å². The zero-order valence-electron chi connectivity index (χ0n) is 16.4. The van der Waals surface area contributed by atoms with Gasteiger partial charge in [0.25, 0.3) is 10.2 Å². The molecule has 0 saturated carbocycles. The molecular weight excluding hydrogens is 346 g/mol. The fourth-order valence-electron chi connectivity index (χ4n) is 4.61. The van der Waals surface area contributed by atoms with Crippen molar-refractivity contribution in [2.24, 2.45) is 5.41 Å². The monoisotopic (exact) mass is 379 g/mol. The molecule has 2 fully saturated rings. The average Bonchev–Trinajstić information content (AvgIpc) is 2.67. The zero-order valence-corrected chi connectivity index (χ0v) is 17.2. The van der Waals surface area contributed by atoms with Gasteiger partial charge in [0.2, 0.25) is 0 Å². The number of rotatable bonds is 5. The van der Waals surface area contributed by atoms with Crippen molar-refractivity contribution in [1.82, 2.24) is 13.5 Å². The average molecular weight is 380 g/mol. The first-order valence-corrected chi connectivity index (χ1v) is 11.3. The maximum absolute atomic E-state index is 12.6. The smallest absolute Gasteiger partial charge is 0.281 e. The molecule has 2 saturated heterocycles. The first kappa shape index (κ1) is 19.8. The Morgan fingerprint density at radius 1 is 1.15 bits per heavy atom. The Hall–Kier alpha value is -0.950. The fraction of sp³-hybridized carbons (Fsp3) is 0.700. The van der Waals surface area contributed by atoms with Crippen molar-refractivity contribution in [2.75, 3.05) is 46.3 Å². The van der Waals surface area contributed by atoms with E-state index in [1.165, 1.54) is 16.3 Å². The molecule has 0 aliphatic carbocycles. The van der Waals surface area contributed by atoms with Crippen LogP contribution in [0.5, 0.6) is 0 Å². The third kappa shape index (κ3) is 3.98. The molecule has 2 heterocycles. The highest BCUT2D eigenvalue weighted by Crippen LogP contribution is 2.45. The van der Waals surface area contributed by atoms with E-state index in [2.05, 4.69) is 42.2 Å². The Labute approximate surface area is 159 Å². The van der Waals surface area contributed by atoms with Crippen molar-refractivity contribution in [3.05, 3.63) is 35.9 Å². The highest BCUT2D eigenvalue weighted by Gasteiger charge is 2.44. The van der Waals surface area contributed by atoms with Gasteiger partial charge >= 0.3 is 0 Å². The lowest BCUT2D eigenvalue weighted by atomic mass is 9.68. The van der Waals surface area contributed by atoms with Crippen molar-refractivity contribution in [3.63, 3.8) is 0 Å². The van der Waals surface area contributed by atoms with Gasteiger partial charge in [-0.05, 0) is 42.7 Å². The molecule has 0 aromatic heterocycles. The van der Waals surface area contributed by atoms with Crippen molar-refractivity contribution < 1.29 is 8.42 Å². The van der Waals surface area contributed by atoms with E-state index in [0.29, 0.717) is 25.6 Å². The van der Waals surface area contributed by atoms with E-state index in [0.717, 1.165) is 32.5 Å². The molecule has 0 amide bonds. The van der Waals surface area contributed by atoms with Crippen molar-refractivity contribution in [3.8, 4) is 0 Å². The van der Waals surface area contributed by atoms with Crippen molar-refractivity contribution in [1.29, 1.82) is 0 Å². The first-order chi connectivity index (χ1) is 12.4. The molecule has 1 spiro atoms. The number of piperidine rings is 2. The third-order valence-corrected chi connectivity index (χ3v) is 8.45. The van der Waals surface area contributed by atoms with E-state index in [4.69, 9.17) is 0 Å². The van der Waals surface area contributed by atoms with Crippen LogP contribution < -0.4 is 0 Å². The third-order valence-electron chi connectivity index (χ3n) is 6.38. The molecule has 5 nitrogen and oxygen atoms in total. The Balaban J connectivity index is 1.74. The summed E-state index contributed by atoms with van der Waals surface area (Å²) in [5.41, 5.74) is 1.66. The van der Waals surface area contributed by atoms with Gasteiger partial charge in [0.05, 0.1) is 0 Å². The Morgan fingerprint density at radius 3 is 2.38 bits per heavy atom. The Bertz CT molecular complexity index is 684. The molecule has 26 heavy (non-hydrogen) atoms. The van der Waals surface area contributed by atoms with Crippen molar-refractivity contribution >= 4 is 10.2 Å². The summed E-state index contributed by atoms with van der Waals surface area (Å²) in [6.45, 7) is 9.20. The van der Waals surface area contributed by atoms with Gasteiger partial charge in [-0.25, -0.2) is 0 Å². The van der Waals surface area contributed by atoms with E-state index in [1.807, 2.05) is 6.92 Å². The van der Waals surface area contributed by atoms with Crippen molar-refractivity contribution in [2.45, 2.75) is 39.0 Å². The maximum Gasteiger partial charge on any atom is 0.281 e. The number of likely N-dealkylation sites (N-methyl/N-ethyl adjacent to an activating group) is 1. The summed E-state index contributed by atoms with van der Waals surface area (Å²) in [6, 6.07) is 10.8.